The molecule has 0 saturated carbocycles. The van der Waals surface area contributed by atoms with E-state index in [1.54, 1.807) is 11.1 Å². The van der Waals surface area contributed by atoms with Gasteiger partial charge in [-0.05, 0) is 19.9 Å². The molecule has 1 N–H and O–H groups in total. The largest absolute Gasteiger partial charge is 0.336 e. The zero-order chi connectivity index (χ0) is 17.3. The van der Waals surface area contributed by atoms with Crippen LogP contribution in [0.4, 0.5) is 8.78 Å². The van der Waals surface area contributed by atoms with Gasteiger partial charge in [0.2, 0.25) is 0 Å². The lowest BCUT2D eigenvalue weighted by atomic mass is 10.0. The first kappa shape index (κ1) is 16.6. The number of carbonyl (C=O) groups excluding carboxylic acids is 1. The molecule has 1 aromatic carbocycles. The molecule has 3 rings (SSSR count). The predicted molar refractivity (Wildman–Crippen MR) is 85.6 cm³/mol. The summed E-state index contributed by atoms with van der Waals surface area (Å²) in [6, 6.07) is 3.50. The Balaban J connectivity index is 1.64. The van der Waals surface area contributed by atoms with E-state index in [1.807, 2.05) is 13.8 Å². The average molecular weight is 334 g/mol. The standard InChI is InChI=1S/C17H20F2N4O/c1-11-15(10-20-21-11)17(24)23-7-5-22(6-8-23)12(2)14-4-3-13(18)9-16(14)19/h3-4,9-10,12H,5-8H2,1-2H3,(H,20,21). The minimum atomic E-state index is -0.575. The Morgan fingerprint density at radius 2 is 1.96 bits per heavy atom. The average Bonchev–Trinajstić information content (AvgIpc) is 3.00. The molecule has 1 unspecified atom stereocenters. The summed E-state index contributed by atoms with van der Waals surface area (Å²) in [5.41, 5.74) is 1.81. The summed E-state index contributed by atoms with van der Waals surface area (Å²) < 4.78 is 27.0. The summed E-state index contributed by atoms with van der Waals surface area (Å²) in [4.78, 5) is 16.3. The summed E-state index contributed by atoms with van der Waals surface area (Å²) in [6.07, 6.45) is 1.54. The summed E-state index contributed by atoms with van der Waals surface area (Å²) in [6.45, 7) is 6.12. The Morgan fingerprint density at radius 3 is 2.54 bits per heavy atom. The van der Waals surface area contributed by atoms with Crippen molar-refractivity contribution in [1.82, 2.24) is 20.0 Å². The van der Waals surface area contributed by atoms with Crippen LogP contribution in [0.2, 0.25) is 0 Å². The van der Waals surface area contributed by atoms with Gasteiger partial charge in [0, 0.05) is 49.5 Å². The number of hydrogen-bond acceptors (Lipinski definition) is 3. The number of H-pyrrole nitrogens is 1. The van der Waals surface area contributed by atoms with Crippen LogP contribution in [0.15, 0.2) is 24.4 Å². The van der Waals surface area contributed by atoms with E-state index < -0.39 is 11.6 Å². The Labute approximate surface area is 139 Å². The van der Waals surface area contributed by atoms with Gasteiger partial charge in [-0.15, -0.1) is 0 Å². The lowest BCUT2D eigenvalue weighted by molar-refractivity contribution is 0.0578. The smallest absolute Gasteiger partial charge is 0.257 e. The van der Waals surface area contributed by atoms with E-state index in [9.17, 15) is 13.6 Å². The minimum Gasteiger partial charge on any atom is -0.336 e. The maximum absolute atomic E-state index is 13.9. The fourth-order valence-electron chi connectivity index (χ4n) is 3.09. The lowest BCUT2D eigenvalue weighted by Gasteiger charge is -2.38. The molecule has 1 fully saturated rings. The molecule has 1 aromatic heterocycles. The van der Waals surface area contributed by atoms with Crippen LogP contribution in [0, 0.1) is 18.6 Å². The van der Waals surface area contributed by atoms with E-state index in [-0.39, 0.29) is 11.9 Å². The maximum Gasteiger partial charge on any atom is 0.257 e. The topological polar surface area (TPSA) is 52.2 Å². The zero-order valence-corrected chi connectivity index (χ0v) is 13.7. The van der Waals surface area contributed by atoms with Crippen molar-refractivity contribution >= 4 is 5.91 Å². The molecule has 128 valence electrons. The quantitative estimate of drug-likeness (QED) is 0.938. The molecular formula is C17H20F2N4O. The molecule has 5 nitrogen and oxygen atoms in total. The number of aromatic nitrogens is 2. The Bertz CT molecular complexity index is 738. The second-order valence-corrected chi connectivity index (χ2v) is 6.08. The van der Waals surface area contributed by atoms with Gasteiger partial charge in [-0.3, -0.25) is 14.8 Å². The van der Waals surface area contributed by atoms with Gasteiger partial charge in [-0.2, -0.15) is 5.10 Å². The number of aryl methyl sites for hydroxylation is 1. The van der Waals surface area contributed by atoms with Crippen LogP contribution in [0.1, 0.15) is 34.6 Å². The molecule has 2 aromatic rings. The molecule has 0 spiro atoms. The Kier molecular flexibility index (Phi) is 4.62. The first-order chi connectivity index (χ1) is 11.5. The third-order valence-corrected chi connectivity index (χ3v) is 4.62. The molecule has 7 heteroatoms. The molecule has 2 heterocycles. The molecule has 1 atom stereocenters. The highest BCUT2D eigenvalue weighted by Gasteiger charge is 2.27. The highest BCUT2D eigenvalue weighted by Crippen LogP contribution is 2.25. The molecule has 1 saturated heterocycles. The number of nitrogens with one attached hydrogen (secondary N) is 1. The molecule has 1 aliphatic rings. The van der Waals surface area contributed by atoms with Gasteiger partial charge in [0.25, 0.3) is 5.91 Å². The molecular weight excluding hydrogens is 314 g/mol. The van der Waals surface area contributed by atoms with Crippen molar-refractivity contribution in [3.05, 3.63) is 52.9 Å². The molecule has 24 heavy (non-hydrogen) atoms. The number of halogens is 2. The molecule has 1 amide bonds. The number of hydrogen-bond donors (Lipinski definition) is 1. The van der Waals surface area contributed by atoms with Gasteiger partial charge >= 0.3 is 0 Å². The van der Waals surface area contributed by atoms with Crippen molar-refractivity contribution in [2.75, 3.05) is 26.2 Å². The van der Waals surface area contributed by atoms with Gasteiger partial charge < -0.3 is 4.90 Å². The second kappa shape index (κ2) is 6.68. The number of aromatic amines is 1. The third-order valence-electron chi connectivity index (χ3n) is 4.62. The normalized spacial score (nSPS) is 17.1. The highest BCUT2D eigenvalue weighted by molar-refractivity contribution is 5.95. The summed E-state index contributed by atoms with van der Waals surface area (Å²) in [5, 5.41) is 6.65. The van der Waals surface area contributed by atoms with Crippen molar-refractivity contribution in [2.24, 2.45) is 0 Å². The first-order valence-electron chi connectivity index (χ1n) is 7.95. The van der Waals surface area contributed by atoms with E-state index in [2.05, 4.69) is 15.1 Å². The Morgan fingerprint density at radius 1 is 1.25 bits per heavy atom. The van der Waals surface area contributed by atoms with E-state index in [1.165, 1.54) is 12.1 Å². The lowest BCUT2D eigenvalue weighted by Crippen LogP contribution is -2.49. The SMILES string of the molecule is Cc1[nH]ncc1C(=O)N1CCN(C(C)c2ccc(F)cc2F)CC1. The summed E-state index contributed by atoms with van der Waals surface area (Å²) in [5.74, 6) is -1.15. The van der Waals surface area contributed by atoms with Crippen molar-refractivity contribution in [1.29, 1.82) is 0 Å². The summed E-state index contributed by atoms with van der Waals surface area (Å²) in [7, 11) is 0. The molecule has 0 aliphatic carbocycles. The minimum absolute atomic E-state index is 0.0403. The van der Waals surface area contributed by atoms with Crippen LogP contribution in [0.5, 0.6) is 0 Å². The highest BCUT2D eigenvalue weighted by atomic mass is 19.1. The van der Waals surface area contributed by atoms with Crippen LogP contribution < -0.4 is 0 Å². The van der Waals surface area contributed by atoms with E-state index >= 15 is 0 Å². The maximum atomic E-state index is 13.9. The number of carbonyl (C=O) groups is 1. The fourth-order valence-corrected chi connectivity index (χ4v) is 3.09. The first-order valence-corrected chi connectivity index (χ1v) is 7.95. The van der Waals surface area contributed by atoms with E-state index in [0.29, 0.717) is 37.3 Å². The van der Waals surface area contributed by atoms with Crippen molar-refractivity contribution in [2.45, 2.75) is 19.9 Å². The number of benzene rings is 1. The number of rotatable bonds is 3. The fraction of sp³-hybridized carbons (Fsp3) is 0.412. The van der Waals surface area contributed by atoms with Crippen LogP contribution in [0.25, 0.3) is 0 Å². The van der Waals surface area contributed by atoms with Crippen molar-refractivity contribution in [3.63, 3.8) is 0 Å². The van der Waals surface area contributed by atoms with Crippen molar-refractivity contribution < 1.29 is 13.6 Å². The molecule has 0 radical (unpaired) electrons. The van der Waals surface area contributed by atoms with Gasteiger partial charge in [0.05, 0.1) is 11.8 Å². The van der Waals surface area contributed by atoms with Crippen LogP contribution in [-0.4, -0.2) is 52.1 Å². The van der Waals surface area contributed by atoms with Gasteiger partial charge in [0.1, 0.15) is 11.6 Å². The number of nitrogens with zero attached hydrogens (tertiary/aromatic N) is 3. The Hall–Kier alpha value is -2.28. The van der Waals surface area contributed by atoms with Crippen molar-refractivity contribution in [3.8, 4) is 0 Å². The summed E-state index contributed by atoms with van der Waals surface area (Å²) >= 11 is 0. The number of piperazine rings is 1. The predicted octanol–water partition coefficient (Wildman–Crippen LogP) is 2.52. The van der Waals surface area contributed by atoms with Crippen LogP contribution in [0.3, 0.4) is 0 Å². The van der Waals surface area contributed by atoms with Gasteiger partial charge in [0.15, 0.2) is 0 Å². The van der Waals surface area contributed by atoms with E-state index in [0.717, 1.165) is 11.8 Å². The number of amides is 1. The third kappa shape index (κ3) is 3.17. The second-order valence-electron chi connectivity index (χ2n) is 6.08. The van der Waals surface area contributed by atoms with Gasteiger partial charge in [-0.25, -0.2) is 8.78 Å². The monoisotopic (exact) mass is 334 g/mol. The van der Waals surface area contributed by atoms with Crippen LogP contribution in [-0.2, 0) is 0 Å². The zero-order valence-electron chi connectivity index (χ0n) is 13.7. The van der Waals surface area contributed by atoms with Gasteiger partial charge in [-0.1, -0.05) is 6.07 Å². The molecule has 1 aliphatic heterocycles. The van der Waals surface area contributed by atoms with Crippen LogP contribution >= 0.6 is 0 Å². The van der Waals surface area contributed by atoms with E-state index in [4.69, 9.17) is 0 Å². The molecule has 0 bridgehead atoms.